The van der Waals surface area contributed by atoms with Crippen LogP contribution in [0.5, 0.6) is 0 Å². The van der Waals surface area contributed by atoms with Crippen molar-refractivity contribution in [1.29, 1.82) is 0 Å². The fraction of sp³-hybridized carbons (Fsp3) is 0.179. The molecule has 1 fully saturated rings. The molecular formula is C28H22F4N6O3S. The molecule has 216 valence electrons. The number of hydrogen-bond acceptors (Lipinski definition) is 6. The highest BCUT2D eigenvalue weighted by atomic mass is 32.2. The van der Waals surface area contributed by atoms with Crippen LogP contribution in [-0.2, 0) is 16.1 Å². The number of anilines is 2. The number of halogens is 4. The highest BCUT2D eigenvalue weighted by Gasteiger charge is 2.33. The van der Waals surface area contributed by atoms with Crippen LogP contribution in [0.15, 0.2) is 78.0 Å². The summed E-state index contributed by atoms with van der Waals surface area (Å²) in [7, 11) is 0. The van der Waals surface area contributed by atoms with Crippen molar-refractivity contribution in [2.45, 2.75) is 19.7 Å². The van der Waals surface area contributed by atoms with Gasteiger partial charge in [0.25, 0.3) is 0 Å². The summed E-state index contributed by atoms with van der Waals surface area (Å²) in [4.78, 5) is 34.8. The fourth-order valence-electron chi connectivity index (χ4n) is 4.05. The number of para-hydroxylation sites is 1. The zero-order chi connectivity index (χ0) is 29.9. The molecule has 1 aromatic heterocycles. The van der Waals surface area contributed by atoms with E-state index in [2.05, 4.69) is 20.4 Å². The lowest BCUT2D eigenvalue weighted by Crippen LogP contribution is -2.31. The number of ether oxygens (including phenoxy) is 1. The van der Waals surface area contributed by atoms with E-state index in [-0.39, 0.29) is 28.1 Å². The smallest absolute Gasteiger partial charge is 0.367 e. The summed E-state index contributed by atoms with van der Waals surface area (Å²) in [6.07, 6.45) is -3.01. The zero-order valence-electron chi connectivity index (χ0n) is 21.9. The predicted octanol–water partition coefficient (Wildman–Crippen LogP) is 6.13. The third-order valence-electron chi connectivity index (χ3n) is 5.95. The Morgan fingerprint density at radius 3 is 2.64 bits per heavy atom. The molecule has 0 bridgehead atoms. The second-order valence-electron chi connectivity index (χ2n) is 9.13. The van der Waals surface area contributed by atoms with Gasteiger partial charge in [0.05, 0.1) is 29.4 Å². The highest BCUT2D eigenvalue weighted by Crippen LogP contribution is 2.32. The molecule has 3 amide bonds. The van der Waals surface area contributed by atoms with Gasteiger partial charge in [0.2, 0.25) is 5.91 Å². The maximum Gasteiger partial charge on any atom is 0.411 e. The molecule has 0 atom stereocenters. The maximum atomic E-state index is 15.0. The number of aryl methyl sites for hydroxylation is 1. The number of benzene rings is 3. The average molecular weight is 599 g/mol. The quantitative estimate of drug-likeness (QED) is 0.257. The molecule has 0 unspecified atom stereocenters. The van der Waals surface area contributed by atoms with E-state index in [0.717, 1.165) is 27.9 Å². The second-order valence-corrected chi connectivity index (χ2v) is 10.1. The molecule has 2 heterocycles. The molecule has 5 rings (SSSR count). The number of rotatable bonds is 7. The molecule has 0 saturated carbocycles. The van der Waals surface area contributed by atoms with Crippen LogP contribution < -0.4 is 10.2 Å². The summed E-state index contributed by atoms with van der Waals surface area (Å²) >= 11 is 0.971. The molecule has 1 N–H and O–H groups in total. The number of nitrogens with one attached hydrogen (secondary N) is 1. The Balaban J connectivity index is 1.32. The number of carbonyl (C=O) groups is 2. The summed E-state index contributed by atoms with van der Waals surface area (Å²) in [6, 6.07) is 17.2. The normalized spacial score (nSPS) is 14.5. The molecule has 42 heavy (non-hydrogen) atoms. The Bertz CT molecular complexity index is 1660. The van der Waals surface area contributed by atoms with E-state index in [0.29, 0.717) is 11.1 Å². The van der Waals surface area contributed by atoms with Crippen molar-refractivity contribution in [3.63, 3.8) is 0 Å². The van der Waals surface area contributed by atoms with Crippen LogP contribution in [0.25, 0.3) is 17.1 Å². The van der Waals surface area contributed by atoms with Gasteiger partial charge in [0.1, 0.15) is 18.8 Å². The van der Waals surface area contributed by atoms with Crippen LogP contribution in [0, 0.1) is 12.7 Å². The molecule has 9 nitrogen and oxygen atoms in total. The van der Waals surface area contributed by atoms with Crippen LogP contribution in [0.1, 0.15) is 11.1 Å². The number of thioether (sulfide) groups is 1. The molecule has 1 saturated heterocycles. The van der Waals surface area contributed by atoms with Gasteiger partial charge in [0.15, 0.2) is 11.0 Å². The Labute approximate surface area is 241 Å². The molecule has 4 aromatic rings. The second kappa shape index (κ2) is 12.1. The van der Waals surface area contributed by atoms with Crippen LogP contribution in [0.3, 0.4) is 0 Å². The van der Waals surface area contributed by atoms with E-state index < -0.39 is 37.1 Å². The maximum absolute atomic E-state index is 15.0. The van der Waals surface area contributed by atoms with E-state index in [1.807, 2.05) is 30.3 Å². The van der Waals surface area contributed by atoms with Gasteiger partial charge in [-0.05, 0) is 48.9 Å². The Hall–Kier alpha value is -4.56. The molecule has 0 spiro atoms. The number of amidine groups is 1. The Morgan fingerprint density at radius 2 is 1.90 bits per heavy atom. The molecule has 0 aliphatic carbocycles. The van der Waals surface area contributed by atoms with Crippen molar-refractivity contribution < 1.29 is 31.9 Å². The summed E-state index contributed by atoms with van der Waals surface area (Å²) in [5.41, 5.74) is 2.28. The standard InChI is InChI=1S/C28H22F4N6O3S/c1-17-7-8-19(13-41-15-28(30,31)32)23(11-17)38-24(39)14-42-27(38)35-26(40)34-22-10-9-18(12-21(22)29)25-33-16-37(36-25)20-5-3-2-4-6-20/h2-12,16H,13-15H2,1H3,(H,34,40). The predicted molar refractivity (Wildman–Crippen MR) is 150 cm³/mol. The van der Waals surface area contributed by atoms with Crippen LogP contribution in [-0.4, -0.2) is 50.4 Å². The monoisotopic (exact) mass is 598 g/mol. The van der Waals surface area contributed by atoms with Crippen LogP contribution >= 0.6 is 11.8 Å². The summed E-state index contributed by atoms with van der Waals surface area (Å²) in [5, 5.41) is 6.72. The minimum Gasteiger partial charge on any atom is -0.367 e. The summed E-state index contributed by atoms with van der Waals surface area (Å²) < 4.78 is 59.0. The number of carbonyl (C=O) groups excluding carboxylic acids is 2. The van der Waals surface area contributed by atoms with E-state index >= 15 is 0 Å². The van der Waals surface area contributed by atoms with E-state index in [9.17, 15) is 27.2 Å². The molecule has 1 aliphatic rings. The molecule has 14 heteroatoms. The first-order valence-electron chi connectivity index (χ1n) is 12.4. The largest absolute Gasteiger partial charge is 0.411 e. The SMILES string of the molecule is Cc1ccc(COCC(F)(F)F)c(N2C(=O)CSC2=NC(=O)Nc2ccc(-c3ncn(-c4ccccc4)n3)cc2F)c1. The van der Waals surface area contributed by atoms with Crippen molar-refractivity contribution >= 4 is 40.2 Å². The number of hydrogen-bond donors (Lipinski definition) is 1. The molecule has 1 aliphatic heterocycles. The van der Waals surface area contributed by atoms with Gasteiger partial charge in [-0.25, -0.2) is 18.9 Å². The summed E-state index contributed by atoms with van der Waals surface area (Å²) in [6.45, 7) is -0.129. The fourth-order valence-corrected chi connectivity index (χ4v) is 4.91. The van der Waals surface area contributed by atoms with E-state index in [4.69, 9.17) is 4.74 Å². The first-order chi connectivity index (χ1) is 20.1. The third kappa shape index (κ3) is 6.83. The minimum atomic E-state index is -4.51. The van der Waals surface area contributed by atoms with E-state index in [1.165, 1.54) is 24.5 Å². The highest BCUT2D eigenvalue weighted by molar-refractivity contribution is 8.15. The Kier molecular flexibility index (Phi) is 8.36. The number of aliphatic imine (C=N–C) groups is 1. The Morgan fingerprint density at radius 1 is 1.12 bits per heavy atom. The van der Waals surface area contributed by atoms with Crippen molar-refractivity contribution in [2.24, 2.45) is 4.99 Å². The van der Waals surface area contributed by atoms with Crippen molar-refractivity contribution in [1.82, 2.24) is 14.8 Å². The first-order valence-corrected chi connectivity index (χ1v) is 13.4. The number of aromatic nitrogens is 3. The van der Waals surface area contributed by atoms with Gasteiger partial charge >= 0.3 is 12.2 Å². The van der Waals surface area contributed by atoms with Crippen LogP contribution in [0.2, 0.25) is 0 Å². The first kappa shape index (κ1) is 29.0. The lowest BCUT2D eigenvalue weighted by Gasteiger charge is -2.21. The van der Waals surface area contributed by atoms with Crippen LogP contribution in [0.4, 0.5) is 33.7 Å². The van der Waals surface area contributed by atoms with Gasteiger partial charge in [0, 0.05) is 11.1 Å². The van der Waals surface area contributed by atoms with Crippen molar-refractivity contribution in [3.8, 4) is 17.1 Å². The van der Waals surface area contributed by atoms with Gasteiger partial charge in [-0.2, -0.15) is 18.2 Å². The van der Waals surface area contributed by atoms with Gasteiger partial charge in [-0.1, -0.05) is 42.1 Å². The lowest BCUT2D eigenvalue weighted by molar-refractivity contribution is -0.176. The average Bonchev–Trinajstić information content (AvgIpc) is 3.58. The number of urea groups is 1. The van der Waals surface area contributed by atoms with Gasteiger partial charge < -0.3 is 10.1 Å². The van der Waals surface area contributed by atoms with Crippen molar-refractivity contribution in [2.75, 3.05) is 22.6 Å². The lowest BCUT2D eigenvalue weighted by atomic mass is 10.1. The van der Waals surface area contributed by atoms with Gasteiger partial charge in [-0.15, -0.1) is 5.10 Å². The van der Waals surface area contributed by atoms with E-state index in [1.54, 1.807) is 29.8 Å². The number of amides is 3. The minimum absolute atomic E-state index is 0.00662. The molecule has 3 aromatic carbocycles. The molecule has 0 radical (unpaired) electrons. The van der Waals surface area contributed by atoms with Gasteiger partial charge in [-0.3, -0.25) is 9.69 Å². The summed E-state index contributed by atoms with van der Waals surface area (Å²) in [5.74, 6) is -0.950. The number of alkyl halides is 3. The third-order valence-corrected chi connectivity index (χ3v) is 6.87. The topological polar surface area (TPSA) is 102 Å². The number of nitrogens with zero attached hydrogens (tertiary/aromatic N) is 5. The van der Waals surface area contributed by atoms with Crippen molar-refractivity contribution in [3.05, 3.63) is 90.0 Å². The molecular weight excluding hydrogens is 576 g/mol. The zero-order valence-corrected chi connectivity index (χ0v) is 22.7.